The molecule has 0 atom stereocenters. The Morgan fingerprint density at radius 3 is 2.19 bits per heavy atom. The van der Waals surface area contributed by atoms with E-state index < -0.39 is 12.1 Å². The highest BCUT2D eigenvalue weighted by atomic mass is 19.4. The molecule has 2 rings (SSSR count). The number of piperidine rings is 1. The maximum atomic E-state index is 12.6. The van der Waals surface area contributed by atoms with Gasteiger partial charge in [-0.2, -0.15) is 13.2 Å². The molecule has 0 aromatic heterocycles. The van der Waals surface area contributed by atoms with E-state index in [9.17, 15) is 13.2 Å². The van der Waals surface area contributed by atoms with Gasteiger partial charge < -0.3 is 5.32 Å². The zero-order chi connectivity index (χ0) is 15.3. The molecular weight excluding hydrogens is 277 g/mol. The number of nitrogens with zero attached hydrogens (tertiary/aromatic N) is 1. The van der Waals surface area contributed by atoms with E-state index in [-0.39, 0.29) is 12.8 Å². The highest BCUT2D eigenvalue weighted by molar-refractivity contribution is 5.22. The number of likely N-dealkylation sites (tertiary alicyclic amines) is 1. The van der Waals surface area contributed by atoms with E-state index in [0.29, 0.717) is 13.1 Å². The van der Waals surface area contributed by atoms with Crippen molar-refractivity contribution in [2.75, 3.05) is 26.7 Å². The number of benzene rings is 1. The van der Waals surface area contributed by atoms with Crippen molar-refractivity contribution in [3.05, 3.63) is 35.4 Å². The molecular formula is C16H23F3N2. The average Bonchev–Trinajstić information content (AvgIpc) is 2.46. The van der Waals surface area contributed by atoms with E-state index in [1.807, 2.05) is 7.05 Å². The summed E-state index contributed by atoms with van der Waals surface area (Å²) in [6.07, 6.45) is -2.58. The molecule has 1 aromatic rings. The second-order valence-corrected chi connectivity index (χ2v) is 5.76. The quantitative estimate of drug-likeness (QED) is 0.898. The van der Waals surface area contributed by atoms with Crippen molar-refractivity contribution < 1.29 is 13.2 Å². The van der Waals surface area contributed by atoms with Crippen LogP contribution in [0.1, 0.15) is 24.0 Å². The zero-order valence-corrected chi connectivity index (χ0v) is 12.4. The number of rotatable bonds is 5. The summed E-state index contributed by atoms with van der Waals surface area (Å²) >= 11 is 0. The Hall–Kier alpha value is -1.07. The lowest BCUT2D eigenvalue weighted by Gasteiger charge is -2.32. The van der Waals surface area contributed by atoms with E-state index in [1.54, 1.807) is 0 Å². The summed E-state index contributed by atoms with van der Waals surface area (Å²) in [7, 11) is 1.93. The number of halogens is 3. The topological polar surface area (TPSA) is 15.3 Å². The van der Waals surface area contributed by atoms with Crippen molar-refractivity contribution >= 4 is 0 Å². The molecule has 1 heterocycles. The minimum Gasteiger partial charge on any atom is -0.319 e. The number of hydrogen-bond acceptors (Lipinski definition) is 2. The number of likely N-dealkylation sites (N-methyl/N-ethyl adjacent to an activating group) is 1. The number of alkyl halides is 3. The van der Waals surface area contributed by atoms with Crippen molar-refractivity contribution in [1.29, 1.82) is 0 Å². The largest absolute Gasteiger partial charge is 0.391 e. The molecule has 1 aliphatic heterocycles. The van der Waals surface area contributed by atoms with Gasteiger partial charge in [-0.15, -0.1) is 0 Å². The standard InChI is InChI=1S/C16H23F3N2/c1-20-9-6-13-2-4-14(5-3-13)12-21-10-7-15(8-11-21)16(17,18)19/h2-5,15,20H,6-12H2,1H3. The van der Waals surface area contributed by atoms with Gasteiger partial charge in [0.05, 0.1) is 5.92 Å². The molecule has 118 valence electrons. The monoisotopic (exact) mass is 300 g/mol. The summed E-state index contributed by atoms with van der Waals surface area (Å²) in [4.78, 5) is 2.12. The van der Waals surface area contributed by atoms with Gasteiger partial charge in [-0.1, -0.05) is 24.3 Å². The molecule has 2 nitrogen and oxygen atoms in total. The van der Waals surface area contributed by atoms with Crippen LogP contribution < -0.4 is 5.32 Å². The SMILES string of the molecule is CNCCc1ccc(CN2CCC(C(F)(F)F)CC2)cc1. The first-order valence-electron chi connectivity index (χ1n) is 7.50. The Balaban J connectivity index is 1.80. The molecule has 1 fully saturated rings. The molecule has 0 radical (unpaired) electrons. The molecule has 0 unspecified atom stereocenters. The van der Waals surface area contributed by atoms with Gasteiger partial charge >= 0.3 is 6.18 Å². The van der Waals surface area contributed by atoms with Crippen molar-refractivity contribution in [3.8, 4) is 0 Å². The Kier molecular flexibility index (Phi) is 5.65. The van der Waals surface area contributed by atoms with Crippen LogP contribution in [0.3, 0.4) is 0 Å². The third-order valence-corrected chi connectivity index (χ3v) is 4.14. The maximum absolute atomic E-state index is 12.6. The van der Waals surface area contributed by atoms with Gasteiger partial charge in [-0.3, -0.25) is 4.90 Å². The van der Waals surface area contributed by atoms with Gasteiger partial charge in [0.2, 0.25) is 0 Å². The summed E-state index contributed by atoms with van der Waals surface area (Å²) in [6.45, 7) is 2.76. The van der Waals surface area contributed by atoms with Gasteiger partial charge in [-0.05, 0) is 57.1 Å². The Morgan fingerprint density at radius 2 is 1.67 bits per heavy atom. The van der Waals surface area contributed by atoms with Crippen molar-refractivity contribution in [1.82, 2.24) is 10.2 Å². The van der Waals surface area contributed by atoms with Gasteiger partial charge in [0.15, 0.2) is 0 Å². The number of hydrogen-bond donors (Lipinski definition) is 1. The summed E-state index contributed by atoms with van der Waals surface area (Å²) in [5.74, 6) is -1.11. The van der Waals surface area contributed by atoms with Crippen LogP contribution in [0, 0.1) is 5.92 Å². The lowest BCUT2D eigenvalue weighted by atomic mass is 9.96. The van der Waals surface area contributed by atoms with E-state index in [2.05, 4.69) is 34.5 Å². The lowest BCUT2D eigenvalue weighted by Crippen LogP contribution is -2.38. The fourth-order valence-electron chi connectivity index (χ4n) is 2.76. The number of nitrogens with one attached hydrogen (secondary N) is 1. The molecule has 1 aliphatic rings. The molecule has 0 spiro atoms. The van der Waals surface area contributed by atoms with Crippen LogP contribution in [0.5, 0.6) is 0 Å². The van der Waals surface area contributed by atoms with Crippen LogP contribution in [-0.4, -0.2) is 37.8 Å². The van der Waals surface area contributed by atoms with E-state index >= 15 is 0 Å². The molecule has 1 saturated heterocycles. The van der Waals surface area contributed by atoms with Crippen LogP contribution >= 0.6 is 0 Å². The fourth-order valence-corrected chi connectivity index (χ4v) is 2.76. The minimum atomic E-state index is -4.03. The second-order valence-electron chi connectivity index (χ2n) is 5.76. The second kappa shape index (κ2) is 7.27. The molecule has 1 aromatic carbocycles. The molecule has 5 heteroatoms. The predicted octanol–water partition coefficient (Wildman–Crippen LogP) is 3.22. The average molecular weight is 300 g/mol. The molecule has 1 N–H and O–H groups in total. The van der Waals surface area contributed by atoms with Crippen molar-refractivity contribution in [3.63, 3.8) is 0 Å². The van der Waals surface area contributed by atoms with Crippen LogP contribution in [0.2, 0.25) is 0 Å². The van der Waals surface area contributed by atoms with Gasteiger partial charge in [0, 0.05) is 6.54 Å². The van der Waals surface area contributed by atoms with Crippen molar-refractivity contribution in [2.24, 2.45) is 5.92 Å². The normalized spacial score (nSPS) is 18.1. The van der Waals surface area contributed by atoms with E-state index in [0.717, 1.165) is 19.5 Å². The van der Waals surface area contributed by atoms with Crippen LogP contribution in [0.15, 0.2) is 24.3 Å². The van der Waals surface area contributed by atoms with E-state index in [4.69, 9.17) is 0 Å². The Morgan fingerprint density at radius 1 is 1.10 bits per heavy atom. The fraction of sp³-hybridized carbons (Fsp3) is 0.625. The third kappa shape index (κ3) is 5.00. The zero-order valence-electron chi connectivity index (χ0n) is 12.4. The summed E-state index contributed by atoms with van der Waals surface area (Å²) in [5.41, 5.74) is 2.46. The molecule has 21 heavy (non-hydrogen) atoms. The van der Waals surface area contributed by atoms with Crippen LogP contribution in [0.4, 0.5) is 13.2 Å². The van der Waals surface area contributed by atoms with Crippen LogP contribution in [-0.2, 0) is 13.0 Å². The van der Waals surface area contributed by atoms with Gasteiger partial charge in [-0.25, -0.2) is 0 Å². The van der Waals surface area contributed by atoms with Crippen molar-refractivity contribution in [2.45, 2.75) is 32.0 Å². The molecule has 0 aliphatic carbocycles. The molecule has 0 bridgehead atoms. The summed E-state index contributed by atoms with van der Waals surface area (Å²) < 4.78 is 37.9. The highest BCUT2D eigenvalue weighted by Crippen LogP contribution is 2.34. The third-order valence-electron chi connectivity index (χ3n) is 4.14. The summed E-state index contributed by atoms with van der Waals surface area (Å²) in [6, 6.07) is 8.38. The molecule has 0 saturated carbocycles. The maximum Gasteiger partial charge on any atom is 0.391 e. The lowest BCUT2D eigenvalue weighted by molar-refractivity contribution is -0.185. The van der Waals surface area contributed by atoms with Gasteiger partial charge in [0.25, 0.3) is 0 Å². The first-order chi connectivity index (χ1) is 9.99. The minimum absolute atomic E-state index is 0.226. The van der Waals surface area contributed by atoms with E-state index in [1.165, 1.54) is 11.1 Å². The Bertz CT molecular complexity index is 420. The first kappa shape index (κ1) is 16.3. The molecule has 0 amide bonds. The smallest absolute Gasteiger partial charge is 0.319 e. The predicted molar refractivity (Wildman–Crippen MR) is 78.1 cm³/mol. The van der Waals surface area contributed by atoms with Gasteiger partial charge in [0.1, 0.15) is 0 Å². The first-order valence-corrected chi connectivity index (χ1v) is 7.50. The Labute approximate surface area is 124 Å². The van der Waals surface area contributed by atoms with Crippen LogP contribution in [0.25, 0.3) is 0 Å². The highest BCUT2D eigenvalue weighted by Gasteiger charge is 2.40. The summed E-state index contributed by atoms with van der Waals surface area (Å²) in [5, 5.41) is 3.11.